The van der Waals surface area contributed by atoms with Gasteiger partial charge in [0.1, 0.15) is 11.6 Å². The van der Waals surface area contributed by atoms with Gasteiger partial charge in [-0.25, -0.2) is 4.98 Å². The van der Waals surface area contributed by atoms with Gasteiger partial charge in [0, 0.05) is 11.3 Å². The van der Waals surface area contributed by atoms with Crippen LogP contribution in [0.2, 0.25) is 0 Å². The van der Waals surface area contributed by atoms with Crippen LogP contribution in [0.25, 0.3) is 11.4 Å². The van der Waals surface area contributed by atoms with Crippen molar-refractivity contribution in [2.45, 2.75) is 6.92 Å². The fourth-order valence-electron chi connectivity index (χ4n) is 1.37. The van der Waals surface area contributed by atoms with Crippen LogP contribution in [0.3, 0.4) is 0 Å². The fourth-order valence-corrected chi connectivity index (χ4v) is 1.37. The number of rotatable bonds is 1. The Balaban J connectivity index is 2.61. The third-order valence-corrected chi connectivity index (χ3v) is 2.35. The highest BCUT2D eigenvalue weighted by molar-refractivity contribution is 5.62. The predicted molar refractivity (Wildman–Crippen MR) is 63.9 cm³/mol. The van der Waals surface area contributed by atoms with E-state index in [1.807, 2.05) is 6.07 Å². The zero-order valence-corrected chi connectivity index (χ0v) is 8.82. The van der Waals surface area contributed by atoms with E-state index in [0.717, 1.165) is 5.56 Å². The van der Waals surface area contributed by atoms with E-state index in [0.29, 0.717) is 17.1 Å². The van der Waals surface area contributed by atoms with E-state index in [2.05, 4.69) is 9.97 Å². The highest BCUT2D eigenvalue weighted by atomic mass is 16.1. The summed E-state index contributed by atoms with van der Waals surface area (Å²) in [5.41, 5.74) is 12.8. The highest BCUT2D eigenvalue weighted by Gasteiger charge is 2.06. The second-order valence-electron chi connectivity index (χ2n) is 3.55. The van der Waals surface area contributed by atoms with E-state index >= 15 is 0 Å². The van der Waals surface area contributed by atoms with Gasteiger partial charge in [0.25, 0.3) is 5.56 Å². The van der Waals surface area contributed by atoms with Crippen LogP contribution in [0.15, 0.2) is 29.1 Å². The molecule has 0 aliphatic heterocycles. The molecule has 0 aliphatic rings. The topological polar surface area (TPSA) is 97.8 Å². The molecule has 0 saturated carbocycles. The van der Waals surface area contributed by atoms with Gasteiger partial charge in [-0.1, -0.05) is 12.1 Å². The summed E-state index contributed by atoms with van der Waals surface area (Å²) in [4.78, 5) is 18.3. The van der Waals surface area contributed by atoms with Gasteiger partial charge in [0.05, 0.1) is 5.56 Å². The van der Waals surface area contributed by atoms with Crippen molar-refractivity contribution in [1.82, 2.24) is 9.97 Å². The Bertz CT molecular complexity index is 589. The first kappa shape index (κ1) is 10.2. The van der Waals surface area contributed by atoms with Gasteiger partial charge in [-0.15, -0.1) is 0 Å². The van der Waals surface area contributed by atoms with E-state index in [9.17, 15) is 4.79 Å². The first-order valence-corrected chi connectivity index (χ1v) is 4.80. The molecule has 0 saturated heterocycles. The molecular weight excluding hydrogens is 204 g/mol. The Labute approximate surface area is 92.1 Å². The van der Waals surface area contributed by atoms with E-state index in [1.54, 1.807) is 25.1 Å². The molecule has 1 aromatic carbocycles. The van der Waals surface area contributed by atoms with Crippen molar-refractivity contribution in [2.24, 2.45) is 0 Å². The van der Waals surface area contributed by atoms with Crippen molar-refractivity contribution < 1.29 is 0 Å². The minimum atomic E-state index is -0.232. The third-order valence-electron chi connectivity index (χ3n) is 2.35. The molecule has 0 unspecified atom stereocenters. The predicted octanol–water partition coefficient (Wildman–Crippen LogP) is 0.910. The molecule has 2 rings (SSSR count). The minimum Gasteiger partial charge on any atom is -0.399 e. The average molecular weight is 216 g/mol. The number of anilines is 2. The standard InChI is InChI=1S/C11H12N4O/c1-6-9(13)14-10(15-11(6)16)7-3-2-4-8(12)5-7/h2-5H,12H2,1H3,(H3,13,14,15,16). The van der Waals surface area contributed by atoms with Crippen LogP contribution in [0, 0.1) is 6.92 Å². The minimum absolute atomic E-state index is 0.232. The van der Waals surface area contributed by atoms with Crippen LogP contribution in [0.4, 0.5) is 11.5 Å². The molecule has 0 atom stereocenters. The number of aromatic nitrogens is 2. The van der Waals surface area contributed by atoms with Gasteiger partial charge in [-0.3, -0.25) is 4.79 Å². The molecule has 0 aliphatic carbocycles. The summed E-state index contributed by atoms with van der Waals surface area (Å²) in [5, 5.41) is 0. The van der Waals surface area contributed by atoms with Crippen molar-refractivity contribution in [1.29, 1.82) is 0 Å². The smallest absolute Gasteiger partial charge is 0.256 e. The third kappa shape index (κ3) is 1.75. The Kier molecular flexibility index (Phi) is 2.36. The Hall–Kier alpha value is -2.30. The lowest BCUT2D eigenvalue weighted by molar-refractivity contribution is 1.10. The van der Waals surface area contributed by atoms with Crippen molar-refractivity contribution in [3.05, 3.63) is 40.2 Å². The summed E-state index contributed by atoms with van der Waals surface area (Å²) in [6.45, 7) is 1.63. The van der Waals surface area contributed by atoms with Crippen LogP contribution < -0.4 is 17.0 Å². The number of nitrogens with two attached hydrogens (primary N) is 2. The Morgan fingerprint density at radius 3 is 2.69 bits per heavy atom. The zero-order chi connectivity index (χ0) is 11.7. The van der Waals surface area contributed by atoms with Crippen LogP contribution in [0.5, 0.6) is 0 Å². The molecule has 82 valence electrons. The number of nitrogens with one attached hydrogen (secondary N) is 1. The summed E-state index contributed by atoms with van der Waals surface area (Å²) in [7, 11) is 0. The number of hydrogen-bond acceptors (Lipinski definition) is 4. The van der Waals surface area contributed by atoms with Crippen LogP contribution in [0.1, 0.15) is 5.56 Å². The van der Waals surface area contributed by atoms with E-state index in [1.165, 1.54) is 0 Å². The van der Waals surface area contributed by atoms with Crippen molar-refractivity contribution in [2.75, 3.05) is 11.5 Å². The molecule has 16 heavy (non-hydrogen) atoms. The SMILES string of the molecule is Cc1c(N)nc(-c2cccc(N)c2)[nH]c1=O. The number of benzene rings is 1. The molecule has 0 bridgehead atoms. The molecule has 1 aromatic heterocycles. The summed E-state index contributed by atoms with van der Waals surface area (Å²) in [5.74, 6) is 0.668. The molecule has 5 heteroatoms. The highest BCUT2D eigenvalue weighted by Crippen LogP contribution is 2.17. The lowest BCUT2D eigenvalue weighted by Gasteiger charge is -2.04. The molecule has 2 aromatic rings. The van der Waals surface area contributed by atoms with E-state index in [4.69, 9.17) is 11.5 Å². The molecule has 0 spiro atoms. The van der Waals surface area contributed by atoms with Crippen molar-refractivity contribution >= 4 is 11.5 Å². The summed E-state index contributed by atoms with van der Waals surface area (Å²) in [6.07, 6.45) is 0. The molecular formula is C11H12N4O. The fraction of sp³-hybridized carbons (Fsp3) is 0.0909. The van der Waals surface area contributed by atoms with Crippen molar-refractivity contribution in [3.8, 4) is 11.4 Å². The van der Waals surface area contributed by atoms with E-state index in [-0.39, 0.29) is 11.4 Å². The number of nitrogen functional groups attached to an aromatic ring is 2. The number of hydrogen-bond donors (Lipinski definition) is 3. The molecule has 0 fully saturated rings. The lowest BCUT2D eigenvalue weighted by atomic mass is 10.2. The molecule has 5 nitrogen and oxygen atoms in total. The van der Waals surface area contributed by atoms with Gasteiger partial charge in [0.15, 0.2) is 0 Å². The van der Waals surface area contributed by atoms with Gasteiger partial charge in [0.2, 0.25) is 0 Å². The molecule has 1 heterocycles. The molecule has 0 amide bonds. The number of H-pyrrole nitrogens is 1. The van der Waals surface area contributed by atoms with Crippen molar-refractivity contribution in [3.63, 3.8) is 0 Å². The second kappa shape index (κ2) is 3.69. The summed E-state index contributed by atoms with van der Waals surface area (Å²) in [6, 6.07) is 7.09. The van der Waals surface area contributed by atoms with Gasteiger partial charge in [-0.05, 0) is 19.1 Å². The lowest BCUT2D eigenvalue weighted by Crippen LogP contribution is -2.15. The maximum Gasteiger partial charge on any atom is 0.256 e. The molecule has 0 radical (unpaired) electrons. The first-order valence-electron chi connectivity index (χ1n) is 4.80. The van der Waals surface area contributed by atoms with Gasteiger partial charge in [-0.2, -0.15) is 0 Å². The maximum atomic E-state index is 11.5. The largest absolute Gasteiger partial charge is 0.399 e. The normalized spacial score (nSPS) is 10.3. The Morgan fingerprint density at radius 2 is 2.06 bits per heavy atom. The average Bonchev–Trinajstić information content (AvgIpc) is 2.25. The van der Waals surface area contributed by atoms with Crippen LogP contribution in [-0.2, 0) is 0 Å². The van der Waals surface area contributed by atoms with Crippen LogP contribution in [-0.4, -0.2) is 9.97 Å². The maximum absolute atomic E-state index is 11.5. The monoisotopic (exact) mass is 216 g/mol. The second-order valence-corrected chi connectivity index (χ2v) is 3.55. The van der Waals surface area contributed by atoms with Gasteiger partial charge >= 0.3 is 0 Å². The van der Waals surface area contributed by atoms with Crippen LogP contribution >= 0.6 is 0 Å². The van der Waals surface area contributed by atoms with E-state index < -0.39 is 0 Å². The summed E-state index contributed by atoms with van der Waals surface area (Å²) >= 11 is 0. The Morgan fingerprint density at radius 1 is 1.31 bits per heavy atom. The van der Waals surface area contributed by atoms with Gasteiger partial charge < -0.3 is 16.5 Å². The zero-order valence-electron chi connectivity index (χ0n) is 8.82. The number of nitrogens with zero attached hydrogens (tertiary/aromatic N) is 1. The quantitative estimate of drug-likeness (QED) is 0.617. The number of aromatic amines is 1. The molecule has 5 N–H and O–H groups in total. The first-order chi connectivity index (χ1) is 7.58. The summed E-state index contributed by atoms with van der Waals surface area (Å²) < 4.78 is 0.